The molecule has 1 saturated heterocycles. The lowest BCUT2D eigenvalue weighted by Crippen LogP contribution is -2.44. The Labute approximate surface area is 187 Å². The molecule has 1 N–H and O–H groups in total. The number of benzene rings is 2. The number of piperazine rings is 1. The van der Waals surface area contributed by atoms with Crippen molar-refractivity contribution in [1.82, 2.24) is 4.90 Å². The molecule has 0 aromatic heterocycles. The van der Waals surface area contributed by atoms with E-state index < -0.39 is 10.8 Å². The van der Waals surface area contributed by atoms with E-state index >= 15 is 0 Å². The molecule has 0 saturated carbocycles. The molecule has 2 aromatic carbocycles. The third-order valence-electron chi connectivity index (χ3n) is 5.26. The number of nitriles is 1. The topological polar surface area (TPSA) is 103 Å². The Hall–Kier alpha value is -3.57. The molecule has 31 heavy (non-hydrogen) atoms. The van der Waals surface area contributed by atoms with Crippen LogP contribution in [0.3, 0.4) is 0 Å². The number of halogens is 1. The molecule has 1 fully saturated rings. The van der Waals surface area contributed by atoms with Crippen LogP contribution in [-0.2, 0) is 4.79 Å². The standard InChI is InChI=1S/C22H23N5O3.ClH/c1-16-6-5-9-20(17(16)2)26-12-10-25(11-13-26)15-18(14-23)22(28)24-19-7-3-4-8-21(19)27(29)30;/h3-9,15H,10-13H2,1-2H3,(H,24,28);1H/b18-15-;. The number of aryl methyl sites for hydroxylation is 1. The van der Waals surface area contributed by atoms with Gasteiger partial charge in [-0.3, -0.25) is 14.9 Å². The Morgan fingerprint density at radius 1 is 1.13 bits per heavy atom. The Morgan fingerprint density at radius 2 is 1.81 bits per heavy atom. The molecule has 8 nitrogen and oxygen atoms in total. The average Bonchev–Trinajstić information content (AvgIpc) is 2.74. The number of hydrogen-bond donors (Lipinski definition) is 1. The van der Waals surface area contributed by atoms with Crippen LogP contribution in [0, 0.1) is 35.3 Å². The zero-order valence-corrected chi connectivity index (χ0v) is 18.2. The van der Waals surface area contributed by atoms with Gasteiger partial charge < -0.3 is 15.1 Å². The molecule has 1 amide bonds. The van der Waals surface area contributed by atoms with E-state index in [1.165, 1.54) is 41.2 Å². The van der Waals surface area contributed by atoms with Crippen molar-refractivity contribution < 1.29 is 9.72 Å². The van der Waals surface area contributed by atoms with Gasteiger partial charge in [-0.05, 0) is 37.1 Å². The summed E-state index contributed by atoms with van der Waals surface area (Å²) in [6.45, 7) is 7.07. The fourth-order valence-electron chi connectivity index (χ4n) is 3.42. The van der Waals surface area contributed by atoms with Gasteiger partial charge in [-0.1, -0.05) is 24.3 Å². The molecule has 1 aliphatic rings. The van der Waals surface area contributed by atoms with E-state index in [9.17, 15) is 20.2 Å². The largest absolute Gasteiger partial charge is 0.373 e. The van der Waals surface area contributed by atoms with Gasteiger partial charge in [0.15, 0.2) is 0 Å². The summed E-state index contributed by atoms with van der Waals surface area (Å²) in [5.41, 5.74) is 3.46. The van der Waals surface area contributed by atoms with Crippen LogP contribution >= 0.6 is 12.4 Å². The van der Waals surface area contributed by atoms with Crippen LogP contribution in [0.25, 0.3) is 0 Å². The first-order valence-corrected chi connectivity index (χ1v) is 9.62. The van der Waals surface area contributed by atoms with Gasteiger partial charge >= 0.3 is 0 Å². The van der Waals surface area contributed by atoms with E-state index in [0.717, 1.165) is 13.1 Å². The van der Waals surface area contributed by atoms with Gasteiger partial charge in [0, 0.05) is 44.1 Å². The third kappa shape index (κ3) is 5.53. The van der Waals surface area contributed by atoms with Gasteiger partial charge in [-0.25, -0.2) is 0 Å². The first-order chi connectivity index (χ1) is 14.4. The maximum Gasteiger partial charge on any atom is 0.292 e. The van der Waals surface area contributed by atoms with Crippen LogP contribution in [0.2, 0.25) is 0 Å². The van der Waals surface area contributed by atoms with Crippen molar-refractivity contribution in [3.63, 3.8) is 0 Å². The highest BCUT2D eigenvalue weighted by atomic mass is 35.5. The zero-order chi connectivity index (χ0) is 21.7. The van der Waals surface area contributed by atoms with Crippen LogP contribution < -0.4 is 10.2 Å². The summed E-state index contributed by atoms with van der Waals surface area (Å²) in [4.78, 5) is 27.3. The molecule has 0 atom stereocenters. The number of amides is 1. The molecule has 0 radical (unpaired) electrons. The minimum Gasteiger partial charge on any atom is -0.373 e. The van der Waals surface area contributed by atoms with Gasteiger partial charge in [-0.2, -0.15) is 5.26 Å². The van der Waals surface area contributed by atoms with Crippen LogP contribution in [0.15, 0.2) is 54.2 Å². The predicted octanol–water partition coefficient (Wildman–Crippen LogP) is 3.80. The summed E-state index contributed by atoms with van der Waals surface area (Å²) in [7, 11) is 0. The average molecular weight is 442 g/mol. The summed E-state index contributed by atoms with van der Waals surface area (Å²) >= 11 is 0. The minimum absolute atomic E-state index is 0. The number of nitro groups is 1. The highest BCUT2D eigenvalue weighted by Crippen LogP contribution is 2.25. The van der Waals surface area contributed by atoms with Crippen molar-refractivity contribution in [1.29, 1.82) is 5.26 Å². The highest BCUT2D eigenvalue weighted by molar-refractivity contribution is 6.07. The van der Waals surface area contributed by atoms with Gasteiger partial charge in [-0.15, -0.1) is 12.4 Å². The number of carbonyl (C=O) groups is 1. The van der Waals surface area contributed by atoms with Crippen LogP contribution in [0.5, 0.6) is 0 Å². The molecular formula is C22H24ClN5O3. The number of nitrogens with one attached hydrogen (secondary N) is 1. The van der Waals surface area contributed by atoms with Crippen molar-refractivity contribution in [3.05, 3.63) is 75.5 Å². The van der Waals surface area contributed by atoms with E-state index in [-0.39, 0.29) is 29.4 Å². The summed E-state index contributed by atoms with van der Waals surface area (Å²) < 4.78 is 0. The van der Waals surface area contributed by atoms with Crippen molar-refractivity contribution in [2.45, 2.75) is 13.8 Å². The summed E-state index contributed by atoms with van der Waals surface area (Å²) in [6.07, 6.45) is 1.53. The maximum atomic E-state index is 12.5. The smallest absolute Gasteiger partial charge is 0.292 e. The Kier molecular flexibility index (Phi) is 8.00. The monoisotopic (exact) mass is 441 g/mol. The van der Waals surface area contributed by atoms with Crippen molar-refractivity contribution in [2.24, 2.45) is 0 Å². The second-order valence-corrected chi connectivity index (χ2v) is 7.13. The molecular weight excluding hydrogens is 418 g/mol. The van der Waals surface area contributed by atoms with Crippen molar-refractivity contribution in [2.75, 3.05) is 36.4 Å². The van der Waals surface area contributed by atoms with Crippen molar-refractivity contribution in [3.8, 4) is 6.07 Å². The van der Waals surface area contributed by atoms with E-state index in [2.05, 4.69) is 36.2 Å². The number of nitro benzene ring substituents is 1. The minimum atomic E-state index is -0.663. The number of hydrogen-bond acceptors (Lipinski definition) is 6. The molecule has 3 rings (SSSR count). The van der Waals surface area contributed by atoms with Crippen LogP contribution in [-0.4, -0.2) is 41.9 Å². The van der Waals surface area contributed by atoms with Crippen LogP contribution in [0.1, 0.15) is 11.1 Å². The fraction of sp³-hybridized carbons (Fsp3) is 0.273. The van der Waals surface area contributed by atoms with E-state index in [1.54, 1.807) is 6.07 Å². The summed E-state index contributed by atoms with van der Waals surface area (Å²) in [5.74, 6) is -0.663. The Bertz CT molecular complexity index is 1040. The fourth-order valence-corrected chi connectivity index (χ4v) is 3.42. The quantitative estimate of drug-likeness (QED) is 0.327. The number of nitrogens with zero attached hydrogens (tertiary/aromatic N) is 4. The molecule has 9 heteroatoms. The van der Waals surface area contributed by atoms with E-state index in [4.69, 9.17) is 0 Å². The number of rotatable bonds is 5. The highest BCUT2D eigenvalue weighted by Gasteiger charge is 2.21. The molecule has 0 bridgehead atoms. The number of para-hydroxylation sites is 2. The van der Waals surface area contributed by atoms with Crippen molar-refractivity contribution >= 4 is 35.4 Å². The molecule has 0 aliphatic carbocycles. The molecule has 2 aromatic rings. The van der Waals surface area contributed by atoms with Gasteiger partial charge in [0.1, 0.15) is 17.3 Å². The number of anilines is 2. The lowest BCUT2D eigenvalue weighted by molar-refractivity contribution is -0.383. The first kappa shape index (κ1) is 23.7. The normalized spacial score (nSPS) is 13.8. The lowest BCUT2D eigenvalue weighted by atomic mass is 10.1. The molecule has 0 unspecified atom stereocenters. The SMILES string of the molecule is Cc1cccc(N2CCN(/C=C(/C#N)C(=O)Nc3ccccc3[N+](=O)[O-])CC2)c1C.Cl. The number of carbonyl (C=O) groups excluding carboxylic acids is 1. The maximum absolute atomic E-state index is 12.5. The van der Waals surface area contributed by atoms with Gasteiger partial charge in [0.05, 0.1) is 4.92 Å². The Balaban J connectivity index is 0.00000341. The molecule has 0 spiro atoms. The lowest BCUT2D eigenvalue weighted by Gasteiger charge is -2.36. The summed E-state index contributed by atoms with van der Waals surface area (Å²) in [6, 6.07) is 14.0. The zero-order valence-electron chi connectivity index (χ0n) is 17.4. The molecule has 1 heterocycles. The van der Waals surface area contributed by atoms with Gasteiger partial charge in [0.25, 0.3) is 11.6 Å². The predicted molar refractivity (Wildman–Crippen MR) is 122 cm³/mol. The summed E-state index contributed by atoms with van der Waals surface area (Å²) in [5, 5.41) is 23.0. The molecule has 1 aliphatic heterocycles. The Morgan fingerprint density at radius 3 is 2.45 bits per heavy atom. The second-order valence-electron chi connectivity index (χ2n) is 7.13. The third-order valence-corrected chi connectivity index (χ3v) is 5.26. The van der Waals surface area contributed by atoms with Gasteiger partial charge in [0.2, 0.25) is 0 Å². The molecule has 162 valence electrons. The van der Waals surface area contributed by atoms with E-state index in [0.29, 0.717) is 13.1 Å². The van der Waals surface area contributed by atoms with E-state index in [1.807, 2.05) is 17.0 Å². The first-order valence-electron chi connectivity index (χ1n) is 9.62. The second kappa shape index (κ2) is 10.5. The van der Waals surface area contributed by atoms with Crippen LogP contribution in [0.4, 0.5) is 17.1 Å².